The molecule has 1 aromatic carbocycles. The number of hydrogen-bond donors (Lipinski definition) is 1. The first-order valence-corrected chi connectivity index (χ1v) is 5.68. The molecule has 0 saturated heterocycles. The van der Waals surface area contributed by atoms with E-state index in [0.717, 1.165) is 12.8 Å². The standard InChI is InChI=1S/C12H15ClFNO/c1-3-4-8(2)12(16)15-9-5-6-11(14)10(13)7-9/h5-8H,3-4H2,1-2H3,(H,15,16)/t8-/m1/s1. The van der Waals surface area contributed by atoms with Gasteiger partial charge in [0.1, 0.15) is 5.82 Å². The van der Waals surface area contributed by atoms with Crippen molar-refractivity contribution in [3.63, 3.8) is 0 Å². The summed E-state index contributed by atoms with van der Waals surface area (Å²) in [5, 5.41) is 2.72. The lowest BCUT2D eigenvalue weighted by molar-refractivity contribution is -0.119. The summed E-state index contributed by atoms with van der Waals surface area (Å²) in [4.78, 5) is 11.7. The van der Waals surface area contributed by atoms with E-state index in [4.69, 9.17) is 11.6 Å². The summed E-state index contributed by atoms with van der Waals surface area (Å²) in [5.41, 5.74) is 0.527. The Hall–Kier alpha value is -1.09. The van der Waals surface area contributed by atoms with E-state index >= 15 is 0 Å². The molecular weight excluding hydrogens is 229 g/mol. The highest BCUT2D eigenvalue weighted by molar-refractivity contribution is 6.31. The Bertz CT molecular complexity index is 381. The molecule has 0 heterocycles. The van der Waals surface area contributed by atoms with Gasteiger partial charge in [0.15, 0.2) is 0 Å². The molecule has 0 aliphatic heterocycles. The summed E-state index contributed by atoms with van der Waals surface area (Å²) in [7, 11) is 0. The zero-order chi connectivity index (χ0) is 12.1. The number of amides is 1. The molecule has 2 nitrogen and oxygen atoms in total. The van der Waals surface area contributed by atoms with Crippen molar-refractivity contribution in [3.8, 4) is 0 Å². The molecule has 0 spiro atoms. The molecule has 1 N–H and O–H groups in total. The summed E-state index contributed by atoms with van der Waals surface area (Å²) in [6.45, 7) is 3.89. The molecule has 0 fully saturated rings. The number of carbonyl (C=O) groups excluding carboxylic acids is 1. The maximum absolute atomic E-state index is 12.9. The second-order valence-corrected chi connectivity index (χ2v) is 4.22. The Kier molecular flexibility index (Phi) is 4.74. The molecule has 0 aromatic heterocycles. The molecule has 1 aromatic rings. The highest BCUT2D eigenvalue weighted by Gasteiger charge is 2.12. The fraction of sp³-hybridized carbons (Fsp3) is 0.417. The van der Waals surface area contributed by atoms with Gasteiger partial charge in [0.2, 0.25) is 5.91 Å². The van der Waals surface area contributed by atoms with Crippen LogP contribution >= 0.6 is 11.6 Å². The number of hydrogen-bond acceptors (Lipinski definition) is 1. The van der Waals surface area contributed by atoms with E-state index in [0.29, 0.717) is 5.69 Å². The van der Waals surface area contributed by atoms with Crippen LogP contribution in [0.4, 0.5) is 10.1 Å². The van der Waals surface area contributed by atoms with Gasteiger partial charge in [-0.3, -0.25) is 4.79 Å². The summed E-state index contributed by atoms with van der Waals surface area (Å²) in [5.74, 6) is -0.598. The topological polar surface area (TPSA) is 29.1 Å². The van der Waals surface area contributed by atoms with Gasteiger partial charge in [0.05, 0.1) is 5.02 Å². The zero-order valence-electron chi connectivity index (χ0n) is 9.39. The largest absolute Gasteiger partial charge is 0.326 e. The lowest BCUT2D eigenvalue weighted by Crippen LogP contribution is -2.20. The van der Waals surface area contributed by atoms with Crippen LogP contribution in [-0.4, -0.2) is 5.91 Å². The molecule has 0 aliphatic rings. The van der Waals surface area contributed by atoms with Crippen molar-refractivity contribution in [1.29, 1.82) is 0 Å². The normalized spacial score (nSPS) is 12.2. The molecule has 0 unspecified atom stereocenters. The second-order valence-electron chi connectivity index (χ2n) is 3.81. The Morgan fingerprint density at radius 3 is 2.81 bits per heavy atom. The molecule has 0 saturated carbocycles. The number of anilines is 1. The van der Waals surface area contributed by atoms with Crippen molar-refractivity contribution in [3.05, 3.63) is 29.0 Å². The summed E-state index contributed by atoms with van der Waals surface area (Å²) in [6, 6.07) is 4.15. The van der Waals surface area contributed by atoms with Crippen molar-refractivity contribution in [2.45, 2.75) is 26.7 Å². The van der Waals surface area contributed by atoms with Gasteiger partial charge < -0.3 is 5.32 Å². The van der Waals surface area contributed by atoms with E-state index in [9.17, 15) is 9.18 Å². The number of carbonyl (C=O) groups is 1. The number of benzene rings is 1. The number of halogens is 2. The van der Waals surface area contributed by atoms with Crippen LogP contribution in [0.1, 0.15) is 26.7 Å². The predicted molar refractivity (Wildman–Crippen MR) is 64.1 cm³/mol. The molecule has 1 atom stereocenters. The first-order chi connectivity index (χ1) is 7.54. The number of rotatable bonds is 4. The summed E-state index contributed by atoms with van der Waals surface area (Å²) < 4.78 is 12.9. The predicted octanol–water partition coefficient (Wildman–Crippen LogP) is 3.85. The maximum atomic E-state index is 12.9. The van der Waals surface area contributed by atoms with Gasteiger partial charge in [0.25, 0.3) is 0 Å². The minimum Gasteiger partial charge on any atom is -0.326 e. The van der Waals surface area contributed by atoms with Crippen LogP contribution in [0.15, 0.2) is 18.2 Å². The molecule has 0 bridgehead atoms. The Morgan fingerprint density at radius 1 is 1.56 bits per heavy atom. The van der Waals surface area contributed by atoms with Gasteiger partial charge in [-0.05, 0) is 24.6 Å². The highest BCUT2D eigenvalue weighted by atomic mass is 35.5. The van der Waals surface area contributed by atoms with Crippen LogP contribution in [0, 0.1) is 11.7 Å². The SMILES string of the molecule is CCC[C@@H](C)C(=O)Nc1ccc(F)c(Cl)c1. The molecule has 16 heavy (non-hydrogen) atoms. The van der Waals surface area contributed by atoms with E-state index in [2.05, 4.69) is 5.32 Å². The van der Waals surface area contributed by atoms with Crippen LogP contribution in [0.5, 0.6) is 0 Å². The molecule has 4 heteroatoms. The minimum absolute atomic E-state index is 0.0148. The molecule has 1 rings (SSSR count). The Morgan fingerprint density at radius 2 is 2.25 bits per heavy atom. The van der Waals surface area contributed by atoms with Gasteiger partial charge in [-0.1, -0.05) is 31.9 Å². The fourth-order valence-corrected chi connectivity index (χ4v) is 1.58. The van der Waals surface area contributed by atoms with E-state index in [1.807, 2.05) is 13.8 Å². The van der Waals surface area contributed by atoms with Crippen molar-refractivity contribution in [2.75, 3.05) is 5.32 Å². The monoisotopic (exact) mass is 243 g/mol. The van der Waals surface area contributed by atoms with Gasteiger partial charge >= 0.3 is 0 Å². The average molecular weight is 244 g/mol. The van der Waals surface area contributed by atoms with Gasteiger partial charge in [-0.2, -0.15) is 0 Å². The van der Waals surface area contributed by atoms with Crippen molar-refractivity contribution in [2.24, 2.45) is 5.92 Å². The third-order valence-corrected chi connectivity index (χ3v) is 2.65. The lowest BCUT2D eigenvalue weighted by Gasteiger charge is -2.11. The molecule has 88 valence electrons. The average Bonchev–Trinajstić information content (AvgIpc) is 2.24. The quantitative estimate of drug-likeness (QED) is 0.855. The van der Waals surface area contributed by atoms with Crippen LogP contribution in [0.25, 0.3) is 0 Å². The lowest BCUT2D eigenvalue weighted by atomic mass is 10.1. The maximum Gasteiger partial charge on any atom is 0.227 e. The van der Waals surface area contributed by atoms with Crippen molar-refractivity contribution < 1.29 is 9.18 Å². The molecule has 0 aliphatic carbocycles. The van der Waals surface area contributed by atoms with Gasteiger partial charge in [-0.15, -0.1) is 0 Å². The van der Waals surface area contributed by atoms with Crippen molar-refractivity contribution in [1.82, 2.24) is 0 Å². The molecular formula is C12H15ClFNO. The third kappa shape index (κ3) is 3.49. The van der Waals surface area contributed by atoms with E-state index in [1.54, 1.807) is 0 Å². The van der Waals surface area contributed by atoms with Gasteiger partial charge in [0, 0.05) is 11.6 Å². The van der Waals surface area contributed by atoms with E-state index in [1.165, 1.54) is 18.2 Å². The van der Waals surface area contributed by atoms with E-state index in [-0.39, 0.29) is 16.8 Å². The summed E-state index contributed by atoms with van der Waals surface area (Å²) >= 11 is 5.61. The first-order valence-electron chi connectivity index (χ1n) is 5.30. The fourth-order valence-electron chi connectivity index (χ4n) is 1.40. The van der Waals surface area contributed by atoms with E-state index < -0.39 is 5.82 Å². The highest BCUT2D eigenvalue weighted by Crippen LogP contribution is 2.20. The second kappa shape index (κ2) is 5.85. The van der Waals surface area contributed by atoms with Crippen LogP contribution < -0.4 is 5.32 Å². The smallest absolute Gasteiger partial charge is 0.227 e. The Balaban J connectivity index is 2.66. The number of nitrogens with one attached hydrogen (secondary N) is 1. The van der Waals surface area contributed by atoms with Crippen LogP contribution in [0.3, 0.4) is 0 Å². The van der Waals surface area contributed by atoms with Crippen molar-refractivity contribution >= 4 is 23.2 Å². The summed E-state index contributed by atoms with van der Waals surface area (Å²) in [6.07, 6.45) is 1.79. The minimum atomic E-state index is -0.485. The van der Waals surface area contributed by atoms with Crippen LogP contribution in [0.2, 0.25) is 5.02 Å². The van der Waals surface area contributed by atoms with Gasteiger partial charge in [-0.25, -0.2) is 4.39 Å². The zero-order valence-corrected chi connectivity index (χ0v) is 10.1. The molecule has 1 amide bonds. The third-order valence-electron chi connectivity index (χ3n) is 2.36. The Labute approximate surface area is 99.8 Å². The first kappa shape index (κ1) is 13.0. The van der Waals surface area contributed by atoms with Crippen LogP contribution in [-0.2, 0) is 4.79 Å². The molecule has 0 radical (unpaired) electrons.